The monoisotopic (exact) mass is 455 g/mol. The average Bonchev–Trinajstić information content (AvgIpc) is 2.70. The van der Waals surface area contributed by atoms with Gasteiger partial charge in [-0.3, -0.25) is 19.9 Å². The van der Waals surface area contributed by atoms with E-state index >= 15 is 4.39 Å². The molecule has 0 radical (unpaired) electrons. The molecule has 1 aromatic heterocycles. The Hall–Kier alpha value is -2.38. The van der Waals surface area contributed by atoms with Gasteiger partial charge in [0.25, 0.3) is 0 Å². The molecule has 3 heterocycles. The van der Waals surface area contributed by atoms with Gasteiger partial charge in [0.2, 0.25) is 11.8 Å². The number of fused-ring (bicyclic) bond motifs is 1. The van der Waals surface area contributed by atoms with Crippen LogP contribution in [0.3, 0.4) is 0 Å². The summed E-state index contributed by atoms with van der Waals surface area (Å²) >= 11 is 0. The second kappa shape index (κ2) is 8.44. The normalized spacial score (nSPS) is 26.1. The van der Waals surface area contributed by atoms with Crippen molar-refractivity contribution < 1.29 is 19.1 Å². The van der Waals surface area contributed by atoms with Crippen LogP contribution < -0.4 is 5.32 Å². The maximum absolute atomic E-state index is 16.0. The number of halogens is 1. The number of amides is 2. The van der Waals surface area contributed by atoms with Crippen LogP contribution >= 0.6 is 0 Å². The molecule has 0 bridgehead atoms. The van der Waals surface area contributed by atoms with Crippen molar-refractivity contribution in [3.8, 4) is 0 Å². The van der Waals surface area contributed by atoms with E-state index in [0.29, 0.717) is 54.0 Å². The van der Waals surface area contributed by atoms with Gasteiger partial charge < -0.3 is 10.0 Å². The van der Waals surface area contributed by atoms with Crippen LogP contribution in [0.1, 0.15) is 69.7 Å². The predicted molar refractivity (Wildman–Crippen MR) is 125 cm³/mol. The third-order valence-corrected chi connectivity index (χ3v) is 7.37. The first-order chi connectivity index (χ1) is 15.4. The molecule has 2 aliphatic rings. The number of carbonyl (C=O) groups is 2. The van der Waals surface area contributed by atoms with Crippen molar-refractivity contribution in [2.45, 2.75) is 65.4 Å². The first-order valence-electron chi connectivity index (χ1n) is 11.8. The van der Waals surface area contributed by atoms with Gasteiger partial charge in [-0.05, 0) is 43.4 Å². The number of benzene rings is 1. The van der Waals surface area contributed by atoms with Gasteiger partial charge in [-0.15, -0.1) is 0 Å². The fraction of sp³-hybridized carbons (Fsp3) is 0.577. The molecule has 2 atom stereocenters. The first-order valence-corrected chi connectivity index (χ1v) is 11.8. The van der Waals surface area contributed by atoms with Gasteiger partial charge in [-0.2, -0.15) is 0 Å². The molecule has 2 fully saturated rings. The lowest BCUT2D eigenvalue weighted by molar-refractivity contribution is -0.134. The maximum Gasteiger partial charge on any atom is 0.234 e. The van der Waals surface area contributed by atoms with Gasteiger partial charge in [-0.25, -0.2) is 4.39 Å². The Bertz CT molecular complexity index is 1110. The fourth-order valence-electron chi connectivity index (χ4n) is 5.58. The third kappa shape index (κ3) is 4.17. The van der Waals surface area contributed by atoms with Crippen molar-refractivity contribution in [2.24, 2.45) is 11.3 Å². The van der Waals surface area contributed by atoms with Gasteiger partial charge in [0.1, 0.15) is 5.82 Å². The number of nitrogens with one attached hydrogen (secondary N) is 1. The predicted octanol–water partition coefficient (Wildman–Crippen LogP) is 3.78. The molecule has 2 saturated heterocycles. The van der Waals surface area contributed by atoms with E-state index in [1.165, 1.54) is 0 Å². The lowest BCUT2D eigenvalue weighted by Crippen LogP contribution is -2.56. The molecule has 178 valence electrons. The summed E-state index contributed by atoms with van der Waals surface area (Å²) in [6.45, 7) is 12.4. The van der Waals surface area contributed by atoms with Crippen LogP contribution in [0.4, 0.5) is 4.39 Å². The summed E-state index contributed by atoms with van der Waals surface area (Å²) in [5, 5.41) is 14.5. The minimum atomic E-state index is -1.32. The van der Waals surface area contributed by atoms with Crippen LogP contribution in [0.2, 0.25) is 0 Å². The van der Waals surface area contributed by atoms with E-state index < -0.39 is 22.8 Å². The summed E-state index contributed by atoms with van der Waals surface area (Å²) in [4.78, 5) is 30.9. The summed E-state index contributed by atoms with van der Waals surface area (Å²) in [7, 11) is 0. The minimum Gasteiger partial charge on any atom is -0.384 e. The summed E-state index contributed by atoms with van der Waals surface area (Å²) in [6.07, 6.45) is 1.06. The van der Waals surface area contributed by atoms with Gasteiger partial charge in [0.15, 0.2) is 0 Å². The Labute approximate surface area is 194 Å². The van der Waals surface area contributed by atoms with Gasteiger partial charge in [0.05, 0.1) is 17.0 Å². The Kier molecular flexibility index (Phi) is 6.08. The van der Waals surface area contributed by atoms with Crippen molar-refractivity contribution in [1.29, 1.82) is 0 Å². The van der Waals surface area contributed by atoms with Crippen LogP contribution in [0.25, 0.3) is 10.9 Å². The van der Waals surface area contributed by atoms with Crippen LogP contribution in [0, 0.1) is 24.1 Å². The van der Waals surface area contributed by atoms with E-state index in [1.807, 2.05) is 13.8 Å². The summed E-state index contributed by atoms with van der Waals surface area (Å²) in [5.74, 6) is -1.17. The first kappa shape index (κ1) is 23.8. The van der Waals surface area contributed by atoms with E-state index in [-0.39, 0.29) is 23.8 Å². The molecule has 2 amide bonds. The van der Waals surface area contributed by atoms with Gasteiger partial charge >= 0.3 is 0 Å². The summed E-state index contributed by atoms with van der Waals surface area (Å²) in [6, 6.07) is 5.10. The van der Waals surface area contributed by atoms with Crippen LogP contribution in [0.15, 0.2) is 18.2 Å². The van der Waals surface area contributed by atoms with Crippen molar-refractivity contribution >= 4 is 22.7 Å². The smallest absolute Gasteiger partial charge is 0.234 e. The quantitative estimate of drug-likeness (QED) is 0.686. The molecular weight excluding hydrogens is 421 g/mol. The Morgan fingerprint density at radius 2 is 2.03 bits per heavy atom. The molecule has 7 heteroatoms. The van der Waals surface area contributed by atoms with Crippen LogP contribution in [0.5, 0.6) is 0 Å². The van der Waals surface area contributed by atoms with Crippen LogP contribution in [-0.4, -0.2) is 46.4 Å². The van der Waals surface area contributed by atoms with E-state index in [0.717, 1.165) is 6.54 Å². The molecule has 0 aliphatic carbocycles. The van der Waals surface area contributed by atoms with Crippen LogP contribution in [-0.2, 0) is 15.2 Å². The standard InChI is InChI=1S/C26H34FN3O3/c1-15(2)13-30-11-10-26(33,25(4,5)14-30)20-7-8-21-19(23(20)27)12-18(16(3)28-21)17-6-9-22(31)29-24(17)32/h7-8,12,15,17,33H,6,9-11,13-14H2,1-5H3,(H,29,31,32). The van der Waals surface area contributed by atoms with Crippen molar-refractivity contribution in [2.75, 3.05) is 19.6 Å². The molecule has 6 nitrogen and oxygen atoms in total. The van der Waals surface area contributed by atoms with Crippen molar-refractivity contribution in [1.82, 2.24) is 15.2 Å². The number of aliphatic hydroxyl groups is 1. The number of pyridine rings is 1. The maximum atomic E-state index is 16.0. The van der Waals surface area contributed by atoms with Crippen molar-refractivity contribution in [3.63, 3.8) is 0 Å². The highest BCUT2D eigenvalue weighted by atomic mass is 19.1. The van der Waals surface area contributed by atoms with Crippen molar-refractivity contribution in [3.05, 3.63) is 40.8 Å². The number of likely N-dealkylation sites (tertiary alicyclic amines) is 1. The Morgan fingerprint density at radius 1 is 1.30 bits per heavy atom. The second-order valence-corrected chi connectivity index (χ2v) is 10.8. The lowest BCUT2D eigenvalue weighted by atomic mass is 9.66. The van der Waals surface area contributed by atoms with E-state index in [4.69, 9.17) is 0 Å². The summed E-state index contributed by atoms with van der Waals surface area (Å²) < 4.78 is 16.0. The fourth-order valence-corrected chi connectivity index (χ4v) is 5.58. The molecule has 2 aromatic rings. The molecule has 2 aliphatic heterocycles. The highest BCUT2D eigenvalue weighted by Gasteiger charge is 2.50. The van der Waals surface area contributed by atoms with E-state index in [2.05, 4.69) is 29.0 Å². The summed E-state index contributed by atoms with van der Waals surface area (Å²) in [5.41, 5.74) is 0.164. The number of rotatable bonds is 4. The number of nitrogens with zero attached hydrogens (tertiary/aromatic N) is 2. The van der Waals surface area contributed by atoms with E-state index in [1.54, 1.807) is 25.1 Å². The third-order valence-electron chi connectivity index (χ3n) is 7.37. The molecular formula is C26H34FN3O3. The molecule has 33 heavy (non-hydrogen) atoms. The molecule has 2 N–H and O–H groups in total. The highest BCUT2D eigenvalue weighted by Crippen LogP contribution is 2.47. The zero-order chi connectivity index (χ0) is 24.1. The minimum absolute atomic E-state index is 0.247. The average molecular weight is 456 g/mol. The number of carbonyl (C=O) groups excluding carboxylic acids is 2. The number of hydrogen-bond acceptors (Lipinski definition) is 5. The number of aryl methyl sites for hydroxylation is 1. The Morgan fingerprint density at radius 3 is 2.67 bits per heavy atom. The van der Waals surface area contributed by atoms with Gasteiger partial charge in [0, 0.05) is 48.1 Å². The molecule has 1 aromatic carbocycles. The number of aromatic nitrogens is 1. The molecule has 2 unspecified atom stereocenters. The zero-order valence-corrected chi connectivity index (χ0v) is 20.2. The SMILES string of the molecule is Cc1nc2ccc(C3(O)CCN(CC(C)C)CC3(C)C)c(F)c2cc1C1CCC(=O)NC1=O. The Balaban J connectivity index is 1.75. The van der Waals surface area contributed by atoms with E-state index in [9.17, 15) is 14.7 Å². The molecule has 0 saturated carbocycles. The zero-order valence-electron chi connectivity index (χ0n) is 20.2. The van der Waals surface area contributed by atoms with Gasteiger partial charge in [-0.1, -0.05) is 33.8 Å². The topological polar surface area (TPSA) is 82.5 Å². The highest BCUT2D eigenvalue weighted by molar-refractivity contribution is 6.01. The lowest BCUT2D eigenvalue weighted by Gasteiger charge is -2.51. The number of hydrogen-bond donors (Lipinski definition) is 2. The number of piperidine rings is 2. The second-order valence-electron chi connectivity index (χ2n) is 10.8. The molecule has 4 rings (SSSR count). The largest absolute Gasteiger partial charge is 0.384 e. The number of imide groups is 1. The molecule has 0 spiro atoms.